The molecule has 0 radical (unpaired) electrons. The standard InChI is InChI=1S/C16H19F3N4O/c1-10(14-21-12-6-2-3-7-13(12)22-14)20-15(24)23-8-4-5-11(9-23)16(17,18)19/h2-3,6-7,10-11H,4-5,8-9H2,1H3,(H,20,24)(H,21,22). The Balaban J connectivity index is 1.65. The zero-order chi connectivity index (χ0) is 17.3. The van der Waals surface area contributed by atoms with E-state index in [9.17, 15) is 18.0 Å². The van der Waals surface area contributed by atoms with E-state index in [1.54, 1.807) is 6.92 Å². The molecule has 2 amide bonds. The number of imidazole rings is 1. The molecule has 8 heteroatoms. The normalized spacial score (nSPS) is 20.2. The van der Waals surface area contributed by atoms with Crippen molar-refractivity contribution in [2.75, 3.05) is 13.1 Å². The van der Waals surface area contributed by atoms with Crippen molar-refractivity contribution in [2.24, 2.45) is 5.92 Å². The summed E-state index contributed by atoms with van der Waals surface area (Å²) >= 11 is 0. The van der Waals surface area contributed by atoms with Crippen LogP contribution in [-0.4, -0.2) is 40.2 Å². The monoisotopic (exact) mass is 340 g/mol. The van der Waals surface area contributed by atoms with Crippen molar-refractivity contribution >= 4 is 17.1 Å². The van der Waals surface area contributed by atoms with Gasteiger partial charge >= 0.3 is 12.2 Å². The molecule has 3 rings (SSSR count). The second kappa shape index (κ2) is 6.33. The highest BCUT2D eigenvalue weighted by Gasteiger charge is 2.42. The van der Waals surface area contributed by atoms with Crippen LogP contribution < -0.4 is 5.32 Å². The topological polar surface area (TPSA) is 61.0 Å². The Morgan fingerprint density at radius 2 is 2.17 bits per heavy atom. The van der Waals surface area contributed by atoms with Gasteiger partial charge in [-0.15, -0.1) is 0 Å². The van der Waals surface area contributed by atoms with Crippen molar-refractivity contribution in [1.82, 2.24) is 20.2 Å². The molecule has 1 aromatic carbocycles. The molecule has 0 spiro atoms. The largest absolute Gasteiger partial charge is 0.393 e. The van der Waals surface area contributed by atoms with E-state index in [1.807, 2.05) is 24.3 Å². The van der Waals surface area contributed by atoms with Crippen molar-refractivity contribution in [3.8, 4) is 0 Å². The minimum absolute atomic E-state index is 0.0758. The minimum atomic E-state index is -4.26. The van der Waals surface area contributed by atoms with E-state index in [2.05, 4.69) is 15.3 Å². The zero-order valence-electron chi connectivity index (χ0n) is 13.2. The number of amides is 2. The van der Waals surface area contributed by atoms with Gasteiger partial charge in [0.05, 0.1) is 23.0 Å². The first-order valence-corrected chi connectivity index (χ1v) is 7.91. The number of likely N-dealkylation sites (tertiary alicyclic amines) is 1. The number of nitrogens with zero attached hydrogens (tertiary/aromatic N) is 2. The number of urea groups is 1. The molecule has 2 heterocycles. The summed E-state index contributed by atoms with van der Waals surface area (Å²) in [5.41, 5.74) is 1.63. The lowest BCUT2D eigenvalue weighted by molar-refractivity contribution is -0.184. The number of halogens is 3. The second-order valence-electron chi connectivity index (χ2n) is 6.14. The van der Waals surface area contributed by atoms with Gasteiger partial charge in [0.1, 0.15) is 5.82 Å². The van der Waals surface area contributed by atoms with Crippen molar-refractivity contribution < 1.29 is 18.0 Å². The number of aromatic amines is 1. The number of H-pyrrole nitrogens is 1. The van der Waals surface area contributed by atoms with Gasteiger partial charge in [-0.05, 0) is 31.9 Å². The average molecular weight is 340 g/mol. The molecule has 0 aliphatic carbocycles. The maximum Gasteiger partial charge on any atom is 0.393 e. The van der Waals surface area contributed by atoms with Crippen LogP contribution in [0.1, 0.15) is 31.6 Å². The fraction of sp³-hybridized carbons (Fsp3) is 0.500. The fourth-order valence-corrected chi connectivity index (χ4v) is 2.95. The minimum Gasteiger partial charge on any atom is -0.340 e. The molecule has 0 bridgehead atoms. The smallest absolute Gasteiger partial charge is 0.340 e. The molecule has 1 aliphatic rings. The summed E-state index contributed by atoms with van der Waals surface area (Å²) in [6.45, 7) is 1.80. The van der Waals surface area contributed by atoms with E-state index < -0.39 is 24.2 Å². The Morgan fingerprint density at radius 1 is 1.42 bits per heavy atom. The molecular weight excluding hydrogens is 321 g/mol. The van der Waals surface area contributed by atoms with E-state index in [0.717, 1.165) is 11.0 Å². The molecule has 1 aromatic heterocycles. The van der Waals surface area contributed by atoms with Crippen molar-refractivity contribution in [1.29, 1.82) is 0 Å². The summed E-state index contributed by atoms with van der Waals surface area (Å²) in [6, 6.07) is 6.55. The van der Waals surface area contributed by atoms with E-state index in [4.69, 9.17) is 0 Å². The lowest BCUT2D eigenvalue weighted by Crippen LogP contribution is -2.49. The summed E-state index contributed by atoms with van der Waals surface area (Å²) in [7, 11) is 0. The van der Waals surface area contributed by atoms with E-state index in [1.165, 1.54) is 4.90 Å². The number of fused-ring (bicyclic) bond motifs is 1. The molecule has 1 aliphatic heterocycles. The second-order valence-corrected chi connectivity index (χ2v) is 6.14. The van der Waals surface area contributed by atoms with Crippen LogP contribution in [0.4, 0.5) is 18.0 Å². The van der Waals surface area contributed by atoms with Gasteiger partial charge in [0, 0.05) is 13.1 Å². The Labute approximate surface area is 137 Å². The number of aromatic nitrogens is 2. The van der Waals surface area contributed by atoms with Crippen LogP contribution in [0.15, 0.2) is 24.3 Å². The van der Waals surface area contributed by atoms with E-state index in [0.29, 0.717) is 18.8 Å². The molecule has 1 saturated heterocycles. The summed E-state index contributed by atoms with van der Waals surface area (Å²) in [5, 5.41) is 2.72. The highest BCUT2D eigenvalue weighted by molar-refractivity contribution is 5.76. The predicted octanol–water partition coefficient (Wildman–Crippen LogP) is 3.61. The van der Waals surface area contributed by atoms with Gasteiger partial charge in [-0.25, -0.2) is 9.78 Å². The Hall–Kier alpha value is -2.25. The van der Waals surface area contributed by atoms with Crippen LogP contribution in [0, 0.1) is 5.92 Å². The summed E-state index contributed by atoms with van der Waals surface area (Å²) < 4.78 is 38.6. The van der Waals surface area contributed by atoms with Gasteiger partial charge in [0.25, 0.3) is 0 Å². The lowest BCUT2D eigenvalue weighted by Gasteiger charge is -2.34. The molecule has 130 valence electrons. The van der Waals surface area contributed by atoms with Gasteiger partial charge in [-0.2, -0.15) is 13.2 Å². The number of para-hydroxylation sites is 2. The molecule has 0 saturated carbocycles. The maximum absolute atomic E-state index is 12.9. The van der Waals surface area contributed by atoms with Crippen LogP contribution in [0.3, 0.4) is 0 Å². The molecule has 1 fully saturated rings. The van der Waals surface area contributed by atoms with Gasteiger partial charge in [0.15, 0.2) is 0 Å². The number of hydrogen-bond acceptors (Lipinski definition) is 2. The van der Waals surface area contributed by atoms with Crippen LogP contribution in [0.5, 0.6) is 0 Å². The molecule has 5 nitrogen and oxygen atoms in total. The van der Waals surface area contributed by atoms with E-state index in [-0.39, 0.29) is 13.0 Å². The number of piperidine rings is 1. The third kappa shape index (κ3) is 3.47. The fourth-order valence-electron chi connectivity index (χ4n) is 2.95. The third-order valence-electron chi connectivity index (χ3n) is 4.33. The van der Waals surface area contributed by atoms with Gasteiger partial charge < -0.3 is 15.2 Å². The number of hydrogen-bond donors (Lipinski definition) is 2. The van der Waals surface area contributed by atoms with E-state index >= 15 is 0 Å². The highest BCUT2D eigenvalue weighted by Crippen LogP contribution is 2.33. The Morgan fingerprint density at radius 3 is 2.88 bits per heavy atom. The van der Waals surface area contributed by atoms with Crippen LogP contribution in [-0.2, 0) is 0 Å². The number of alkyl halides is 3. The molecule has 2 unspecified atom stereocenters. The molecule has 2 atom stereocenters. The first-order valence-electron chi connectivity index (χ1n) is 7.91. The number of nitrogens with one attached hydrogen (secondary N) is 2. The third-order valence-corrected chi connectivity index (χ3v) is 4.33. The quantitative estimate of drug-likeness (QED) is 0.877. The molecular formula is C16H19F3N4O. The Bertz CT molecular complexity index is 694. The highest BCUT2D eigenvalue weighted by atomic mass is 19.4. The summed E-state index contributed by atoms with van der Waals surface area (Å²) in [5.74, 6) is -0.868. The van der Waals surface area contributed by atoms with Gasteiger partial charge in [-0.3, -0.25) is 0 Å². The molecule has 2 aromatic rings. The van der Waals surface area contributed by atoms with Crippen LogP contribution >= 0.6 is 0 Å². The molecule has 2 N–H and O–H groups in total. The Kier molecular flexibility index (Phi) is 4.38. The van der Waals surface area contributed by atoms with Crippen molar-refractivity contribution in [2.45, 2.75) is 32.0 Å². The first kappa shape index (κ1) is 16.6. The average Bonchev–Trinajstić information content (AvgIpc) is 2.98. The van der Waals surface area contributed by atoms with Gasteiger partial charge in [-0.1, -0.05) is 12.1 Å². The number of carbonyl (C=O) groups excluding carboxylic acids is 1. The van der Waals surface area contributed by atoms with Crippen LogP contribution in [0.25, 0.3) is 11.0 Å². The lowest BCUT2D eigenvalue weighted by atomic mass is 9.98. The van der Waals surface area contributed by atoms with Crippen molar-refractivity contribution in [3.63, 3.8) is 0 Å². The zero-order valence-corrected chi connectivity index (χ0v) is 13.2. The van der Waals surface area contributed by atoms with Gasteiger partial charge in [0.2, 0.25) is 0 Å². The SMILES string of the molecule is CC(NC(=O)N1CCCC(C(F)(F)F)C1)c1nc2ccccc2[nH]1. The summed E-state index contributed by atoms with van der Waals surface area (Å²) in [4.78, 5) is 21.0. The summed E-state index contributed by atoms with van der Waals surface area (Å²) in [6.07, 6.45) is -3.83. The number of rotatable bonds is 2. The molecule has 24 heavy (non-hydrogen) atoms. The maximum atomic E-state index is 12.9. The first-order chi connectivity index (χ1) is 11.3. The number of benzene rings is 1. The number of carbonyl (C=O) groups is 1. The van der Waals surface area contributed by atoms with Crippen LogP contribution in [0.2, 0.25) is 0 Å². The predicted molar refractivity (Wildman–Crippen MR) is 83.4 cm³/mol. The van der Waals surface area contributed by atoms with Crippen molar-refractivity contribution in [3.05, 3.63) is 30.1 Å².